The van der Waals surface area contributed by atoms with E-state index in [2.05, 4.69) is 5.10 Å². The molecule has 0 heterocycles. The Kier molecular flexibility index (Phi) is 6.21. The summed E-state index contributed by atoms with van der Waals surface area (Å²) in [6.45, 7) is 0. The second kappa shape index (κ2) is 8.36. The predicted molar refractivity (Wildman–Crippen MR) is 104 cm³/mol. The Morgan fingerprint density at radius 1 is 1.04 bits per heavy atom. The number of rotatable bonds is 5. The average molecular weight is 356 g/mol. The average Bonchev–Trinajstić information content (AvgIpc) is 2.65. The van der Waals surface area contributed by atoms with Crippen LogP contribution in [0.3, 0.4) is 0 Å². The lowest BCUT2D eigenvalue weighted by molar-refractivity contribution is 0.0800. The molecule has 2 aromatic carbocycles. The van der Waals surface area contributed by atoms with Gasteiger partial charge in [0.1, 0.15) is 4.99 Å². The molecule has 2 aromatic rings. The minimum Gasteiger partial charge on any atom is -0.378 e. The fraction of sp³-hybridized carbons (Fsp3) is 0.167. The van der Waals surface area contributed by atoms with Gasteiger partial charge < -0.3 is 4.90 Å². The number of anilines is 1. The third-order valence-electron chi connectivity index (χ3n) is 3.58. The van der Waals surface area contributed by atoms with Gasteiger partial charge in [-0.2, -0.15) is 5.10 Å². The zero-order valence-electron chi connectivity index (χ0n) is 14.3. The van der Waals surface area contributed by atoms with Gasteiger partial charge in [-0.05, 0) is 29.8 Å². The van der Waals surface area contributed by atoms with E-state index in [4.69, 9.17) is 17.4 Å². The zero-order chi connectivity index (χ0) is 18.4. The molecule has 0 saturated carbocycles. The lowest BCUT2D eigenvalue weighted by Gasteiger charge is -2.14. The Morgan fingerprint density at radius 3 is 2.12 bits per heavy atom. The largest absolute Gasteiger partial charge is 0.378 e. The van der Waals surface area contributed by atoms with Crippen LogP contribution < -0.4 is 10.4 Å². The molecule has 0 radical (unpaired) electrons. The number of carbonyl (C=O) groups is 1. The summed E-state index contributed by atoms with van der Waals surface area (Å²) in [5.74, 6) is -0.191. The first-order chi connectivity index (χ1) is 11.9. The number of hydroxylamine groups is 1. The molecule has 0 fully saturated rings. The molecule has 0 aromatic heterocycles. The van der Waals surface area contributed by atoms with Gasteiger partial charge in [0, 0.05) is 38.0 Å². The van der Waals surface area contributed by atoms with E-state index in [0.29, 0.717) is 11.1 Å². The predicted octanol–water partition coefficient (Wildman–Crippen LogP) is 2.51. The molecule has 2 N–H and O–H groups in total. The van der Waals surface area contributed by atoms with Gasteiger partial charge in [-0.25, -0.2) is 5.01 Å². The highest BCUT2D eigenvalue weighted by molar-refractivity contribution is 7.80. The van der Waals surface area contributed by atoms with Gasteiger partial charge in [0.05, 0.1) is 6.21 Å². The van der Waals surface area contributed by atoms with Crippen molar-refractivity contribution in [1.82, 2.24) is 10.5 Å². The minimum absolute atomic E-state index is 0.191. The molecule has 0 unspecified atom stereocenters. The maximum absolute atomic E-state index is 12.4. The van der Waals surface area contributed by atoms with Crippen molar-refractivity contribution in [3.63, 3.8) is 0 Å². The Balaban J connectivity index is 2.04. The standard InChI is InChI=1S/C18H20N4O2S/c1-21(2)16-10-8-15(9-11-16)18(23)22(3)19-12-13-4-6-14(7-5-13)17(25)20-24/h4-12,24H,1-3H3,(H,20,25)/b19-12+. The monoisotopic (exact) mass is 356 g/mol. The summed E-state index contributed by atoms with van der Waals surface area (Å²) in [6.07, 6.45) is 1.59. The maximum Gasteiger partial charge on any atom is 0.273 e. The molecule has 0 aliphatic heterocycles. The van der Waals surface area contributed by atoms with E-state index in [1.165, 1.54) is 5.01 Å². The molecule has 130 valence electrons. The minimum atomic E-state index is -0.191. The van der Waals surface area contributed by atoms with Gasteiger partial charge in [-0.1, -0.05) is 36.5 Å². The Bertz CT molecular complexity index is 771. The highest BCUT2D eigenvalue weighted by atomic mass is 32.1. The third-order valence-corrected chi connectivity index (χ3v) is 3.91. The second-order valence-electron chi connectivity index (χ2n) is 5.58. The molecule has 0 saturated heterocycles. The van der Waals surface area contributed by atoms with Gasteiger partial charge in [0.25, 0.3) is 5.91 Å². The lowest BCUT2D eigenvalue weighted by atomic mass is 10.1. The molecule has 1 amide bonds. The number of thiocarbonyl (C=S) groups is 1. The van der Waals surface area contributed by atoms with E-state index in [1.807, 2.05) is 36.6 Å². The van der Waals surface area contributed by atoms with Crippen molar-refractivity contribution < 1.29 is 10.0 Å². The van der Waals surface area contributed by atoms with Gasteiger partial charge in [0.15, 0.2) is 0 Å². The third kappa shape index (κ3) is 4.85. The summed E-state index contributed by atoms with van der Waals surface area (Å²) < 4.78 is 0. The van der Waals surface area contributed by atoms with Crippen molar-refractivity contribution in [3.05, 3.63) is 65.2 Å². The van der Waals surface area contributed by atoms with E-state index < -0.39 is 0 Å². The Morgan fingerprint density at radius 2 is 1.60 bits per heavy atom. The topological polar surface area (TPSA) is 68.2 Å². The van der Waals surface area contributed by atoms with Gasteiger partial charge >= 0.3 is 0 Å². The zero-order valence-corrected chi connectivity index (χ0v) is 15.1. The summed E-state index contributed by atoms with van der Waals surface area (Å²) in [4.78, 5) is 14.6. The van der Waals surface area contributed by atoms with Crippen molar-refractivity contribution >= 4 is 35.0 Å². The second-order valence-corrected chi connectivity index (χ2v) is 5.99. The van der Waals surface area contributed by atoms with Crippen LogP contribution in [0.5, 0.6) is 0 Å². The quantitative estimate of drug-likeness (QED) is 0.489. The molecule has 0 aliphatic rings. The molecule has 0 bridgehead atoms. The van der Waals surface area contributed by atoms with Crippen molar-refractivity contribution in [2.75, 3.05) is 26.0 Å². The van der Waals surface area contributed by atoms with Crippen LogP contribution in [0.1, 0.15) is 21.5 Å². The maximum atomic E-state index is 12.4. The SMILES string of the molecule is CN(/N=C/c1ccc(C(=S)NO)cc1)C(=O)c1ccc(N(C)C)cc1. The van der Waals surface area contributed by atoms with Gasteiger partial charge in [0.2, 0.25) is 0 Å². The molecule has 6 nitrogen and oxygen atoms in total. The number of carbonyl (C=O) groups excluding carboxylic acids is 1. The first-order valence-electron chi connectivity index (χ1n) is 7.56. The van der Waals surface area contributed by atoms with E-state index in [0.717, 1.165) is 11.3 Å². The highest BCUT2D eigenvalue weighted by Crippen LogP contribution is 2.13. The smallest absolute Gasteiger partial charge is 0.273 e. The fourth-order valence-corrected chi connectivity index (χ4v) is 2.22. The number of hydrogen-bond donors (Lipinski definition) is 2. The number of nitrogens with zero attached hydrogens (tertiary/aromatic N) is 3. The van der Waals surface area contributed by atoms with Crippen molar-refractivity contribution in [2.45, 2.75) is 0 Å². The number of hydrogen-bond acceptors (Lipinski definition) is 5. The summed E-state index contributed by atoms with van der Waals surface area (Å²) in [7, 11) is 5.50. The summed E-state index contributed by atoms with van der Waals surface area (Å²) in [5.41, 5.74) is 5.04. The van der Waals surface area contributed by atoms with E-state index in [9.17, 15) is 4.79 Å². The van der Waals surface area contributed by atoms with Crippen molar-refractivity contribution in [1.29, 1.82) is 0 Å². The van der Waals surface area contributed by atoms with Crippen molar-refractivity contribution in [2.24, 2.45) is 5.10 Å². The van der Waals surface area contributed by atoms with Gasteiger partial charge in [-0.3, -0.25) is 15.5 Å². The molecule has 2 rings (SSSR count). The van der Waals surface area contributed by atoms with Crippen LogP contribution in [0.15, 0.2) is 53.6 Å². The van der Waals surface area contributed by atoms with Crippen LogP contribution >= 0.6 is 12.2 Å². The summed E-state index contributed by atoms with van der Waals surface area (Å²) >= 11 is 4.93. The van der Waals surface area contributed by atoms with Crippen LogP contribution in [0.2, 0.25) is 0 Å². The molecule has 7 heteroatoms. The Labute approximate surface area is 152 Å². The van der Waals surface area contributed by atoms with E-state index in [1.54, 1.807) is 49.7 Å². The van der Waals surface area contributed by atoms with E-state index in [-0.39, 0.29) is 10.9 Å². The first kappa shape index (κ1) is 18.6. The fourth-order valence-electron chi connectivity index (χ4n) is 2.08. The van der Waals surface area contributed by atoms with Crippen molar-refractivity contribution in [3.8, 4) is 0 Å². The summed E-state index contributed by atoms with van der Waals surface area (Å²) in [6, 6.07) is 14.5. The lowest BCUT2D eigenvalue weighted by Crippen LogP contribution is -2.21. The number of nitrogens with one attached hydrogen (secondary N) is 1. The van der Waals surface area contributed by atoms with E-state index >= 15 is 0 Å². The van der Waals surface area contributed by atoms with Crippen LogP contribution in [0, 0.1) is 0 Å². The number of hydrazone groups is 1. The van der Waals surface area contributed by atoms with Gasteiger partial charge in [-0.15, -0.1) is 0 Å². The van der Waals surface area contributed by atoms with Crippen LogP contribution in [-0.4, -0.2) is 48.5 Å². The molecular formula is C18H20N4O2S. The molecule has 0 aliphatic carbocycles. The summed E-state index contributed by atoms with van der Waals surface area (Å²) in [5, 5.41) is 14.2. The molecule has 0 spiro atoms. The number of benzene rings is 2. The van der Waals surface area contributed by atoms with Crippen LogP contribution in [-0.2, 0) is 0 Å². The normalized spacial score (nSPS) is 10.6. The first-order valence-corrected chi connectivity index (χ1v) is 7.97. The highest BCUT2D eigenvalue weighted by Gasteiger charge is 2.10. The Hall–Kier alpha value is -2.77. The molecule has 0 atom stereocenters. The molecule has 25 heavy (non-hydrogen) atoms. The van der Waals surface area contributed by atoms with Crippen LogP contribution in [0.4, 0.5) is 5.69 Å². The van der Waals surface area contributed by atoms with Crippen LogP contribution in [0.25, 0.3) is 0 Å². The molecular weight excluding hydrogens is 336 g/mol. The number of amides is 1.